The third-order valence-electron chi connectivity index (χ3n) is 4.84. The molecule has 3 fully saturated rings. The Morgan fingerprint density at radius 2 is 1.44 bits per heavy atom. The lowest BCUT2D eigenvalue weighted by atomic mass is 9.87. The van der Waals surface area contributed by atoms with E-state index in [9.17, 15) is 10.2 Å². The highest BCUT2D eigenvalue weighted by Crippen LogP contribution is 2.40. The number of rotatable bonds is 1. The minimum Gasteiger partial charge on any atom is -0.393 e. The van der Waals surface area contributed by atoms with E-state index in [-0.39, 0.29) is 12.2 Å². The van der Waals surface area contributed by atoms with Gasteiger partial charge in [-0.3, -0.25) is 4.90 Å². The van der Waals surface area contributed by atoms with E-state index in [1.165, 1.54) is 25.7 Å². The lowest BCUT2D eigenvalue weighted by Gasteiger charge is -2.45. The van der Waals surface area contributed by atoms with E-state index in [0.717, 1.165) is 25.7 Å². The Labute approximate surface area is 97.4 Å². The molecule has 3 heteroatoms. The molecule has 2 saturated heterocycles. The molecule has 4 unspecified atom stereocenters. The molecule has 3 rings (SSSR count). The van der Waals surface area contributed by atoms with Crippen molar-refractivity contribution in [3.05, 3.63) is 0 Å². The number of aliphatic hydroxyl groups excluding tert-OH is 2. The standard InChI is InChI=1S/C13H23NO2/c15-11-7-9-5-6-10(8-11)14(9)12-3-1-2-4-13(12)16/h9-13,15-16H,1-8H2. The predicted molar refractivity (Wildman–Crippen MR) is 62.2 cm³/mol. The van der Waals surface area contributed by atoms with Gasteiger partial charge >= 0.3 is 0 Å². The van der Waals surface area contributed by atoms with Crippen molar-refractivity contribution in [2.45, 2.75) is 81.7 Å². The summed E-state index contributed by atoms with van der Waals surface area (Å²) >= 11 is 0. The molecule has 4 atom stereocenters. The van der Waals surface area contributed by atoms with Crippen LogP contribution in [-0.4, -0.2) is 45.4 Å². The van der Waals surface area contributed by atoms with Gasteiger partial charge in [0.25, 0.3) is 0 Å². The van der Waals surface area contributed by atoms with Gasteiger partial charge in [-0.2, -0.15) is 0 Å². The topological polar surface area (TPSA) is 43.7 Å². The third-order valence-corrected chi connectivity index (χ3v) is 4.84. The fraction of sp³-hybridized carbons (Fsp3) is 1.00. The van der Waals surface area contributed by atoms with Crippen molar-refractivity contribution in [3.8, 4) is 0 Å². The lowest BCUT2D eigenvalue weighted by Crippen LogP contribution is -2.55. The molecule has 3 nitrogen and oxygen atoms in total. The predicted octanol–water partition coefficient (Wildman–Crippen LogP) is 1.28. The van der Waals surface area contributed by atoms with Crippen molar-refractivity contribution in [2.24, 2.45) is 0 Å². The molecular formula is C13H23NO2. The second kappa shape index (κ2) is 4.28. The molecule has 0 radical (unpaired) electrons. The maximum atomic E-state index is 10.1. The first kappa shape index (κ1) is 11.0. The molecule has 2 aliphatic heterocycles. The summed E-state index contributed by atoms with van der Waals surface area (Å²) in [5.41, 5.74) is 0. The first-order valence-corrected chi connectivity index (χ1v) is 6.89. The van der Waals surface area contributed by atoms with Crippen LogP contribution in [0.2, 0.25) is 0 Å². The molecule has 0 amide bonds. The van der Waals surface area contributed by atoms with Crippen molar-refractivity contribution >= 4 is 0 Å². The Balaban J connectivity index is 1.74. The van der Waals surface area contributed by atoms with Crippen LogP contribution in [0.4, 0.5) is 0 Å². The first-order valence-electron chi connectivity index (χ1n) is 6.89. The molecule has 0 spiro atoms. The molecule has 3 aliphatic rings. The van der Waals surface area contributed by atoms with E-state index in [1.54, 1.807) is 0 Å². The van der Waals surface area contributed by atoms with Crippen molar-refractivity contribution in [1.82, 2.24) is 4.90 Å². The van der Waals surface area contributed by atoms with Gasteiger partial charge in [0.15, 0.2) is 0 Å². The van der Waals surface area contributed by atoms with Crippen molar-refractivity contribution in [3.63, 3.8) is 0 Å². The van der Waals surface area contributed by atoms with Gasteiger partial charge in [-0.15, -0.1) is 0 Å². The Morgan fingerprint density at radius 1 is 0.812 bits per heavy atom. The SMILES string of the molecule is OC1CC2CCC(C1)N2C1CCCCC1O. The summed E-state index contributed by atoms with van der Waals surface area (Å²) in [5.74, 6) is 0. The Bertz CT molecular complexity index is 244. The van der Waals surface area contributed by atoms with Gasteiger partial charge in [0.2, 0.25) is 0 Å². The highest BCUT2D eigenvalue weighted by atomic mass is 16.3. The van der Waals surface area contributed by atoms with Crippen LogP contribution in [0.5, 0.6) is 0 Å². The second-order valence-corrected chi connectivity index (χ2v) is 5.88. The van der Waals surface area contributed by atoms with Crippen LogP contribution in [0.3, 0.4) is 0 Å². The summed E-state index contributed by atoms with van der Waals surface area (Å²) in [7, 11) is 0. The van der Waals surface area contributed by atoms with E-state index in [0.29, 0.717) is 18.1 Å². The number of fused-ring (bicyclic) bond motifs is 2. The van der Waals surface area contributed by atoms with Crippen LogP contribution >= 0.6 is 0 Å². The van der Waals surface area contributed by atoms with Gasteiger partial charge in [-0.1, -0.05) is 12.8 Å². The lowest BCUT2D eigenvalue weighted by molar-refractivity contribution is -0.0469. The van der Waals surface area contributed by atoms with E-state index >= 15 is 0 Å². The summed E-state index contributed by atoms with van der Waals surface area (Å²) in [6.07, 6.45) is 8.69. The maximum Gasteiger partial charge on any atom is 0.0695 e. The summed E-state index contributed by atoms with van der Waals surface area (Å²) in [6, 6.07) is 1.48. The number of hydrogen-bond donors (Lipinski definition) is 2. The van der Waals surface area contributed by atoms with Gasteiger partial charge in [0, 0.05) is 18.1 Å². The molecule has 2 bridgehead atoms. The smallest absolute Gasteiger partial charge is 0.0695 e. The summed E-state index contributed by atoms with van der Waals surface area (Å²) in [5, 5.41) is 19.9. The molecule has 0 aromatic rings. The third kappa shape index (κ3) is 1.79. The van der Waals surface area contributed by atoms with E-state index in [1.807, 2.05) is 0 Å². The zero-order chi connectivity index (χ0) is 11.1. The highest BCUT2D eigenvalue weighted by Gasteiger charge is 2.45. The van der Waals surface area contributed by atoms with Gasteiger partial charge in [0.05, 0.1) is 12.2 Å². The van der Waals surface area contributed by atoms with E-state index in [2.05, 4.69) is 4.90 Å². The van der Waals surface area contributed by atoms with Crippen molar-refractivity contribution < 1.29 is 10.2 Å². The van der Waals surface area contributed by atoms with Gasteiger partial charge in [0.1, 0.15) is 0 Å². The minimum atomic E-state index is -0.118. The fourth-order valence-corrected chi connectivity index (χ4v) is 4.17. The molecule has 1 saturated carbocycles. The summed E-state index contributed by atoms with van der Waals surface area (Å²) < 4.78 is 0. The quantitative estimate of drug-likeness (QED) is 0.706. The van der Waals surface area contributed by atoms with E-state index < -0.39 is 0 Å². The number of piperidine rings is 1. The minimum absolute atomic E-state index is 0.0884. The van der Waals surface area contributed by atoms with Crippen LogP contribution in [0.25, 0.3) is 0 Å². The Morgan fingerprint density at radius 3 is 2.06 bits per heavy atom. The highest BCUT2D eigenvalue weighted by molar-refractivity contribution is 5.00. The monoisotopic (exact) mass is 225 g/mol. The normalized spacial score (nSPS) is 49.5. The van der Waals surface area contributed by atoms with Gasteiger partial charge in [-0.25, -0.2) is 0 Å². The van der Waals surface area contributed by atoms with Crippen LogP contribution < -0.4 is 0 Å². The van der Waals surface area contributed by atoms with Gasteiger partial charge in [-0.05, 0) is 38.5 Å². The molecule has 0 aromatic heterocycles. The van der Waals surface area contributed by atoms with Crippen LogP contribution in [0.15, 0.2) is 0 Å². The molecule has 2 heterocycles. The fourth-order valence-electron chi connectivity index (χ4n) is 4.17. The van der Waals surface area contributed by atoms with Crippen molar-refractivity contribution in [2.75, 3.05) is 0 Å². The molecule has 1 aliphatic carbocycles. The molecule has 2 N–H and O–H groups in total. The molecular weight excluding hydrogens is 202 g/mol. The van der Waals surface area contributed by atoms with Crippen LogP contribution in [0.1, 0.15) is 51.4 Å². The van der Waals surface area contributed by atoms with Crippen LogP contribution in [-0.2, 0) is 0 Å². The number of nitrogens with zero attached hydrogens (tertiary/aromatic N) is 1. The second-order valence-electron chi connectivity index (χ2n) is 5.88. The number of hydrogen-bond acceptors (Lipinski definition) is 3. The average Bonchev–Trinajstić information content (AvgIpc) is 2.53. The molecule has 92 valence electrons. The zero-order valence-corrected chi connectivity index (χ0v) is 9.89. The number of aliphatic hydroxyl groups is 2. The van der Waals surface area contributed by atoms with Crippen molar-refractivity contribution in [1.29, 1.82) is 0 Å². The summed E-state index contributed by atoms with van der Waals surface area (Å²) in [4.78, 5) is 2.57. The zero-order valence-electron chi connectivity index (χ0n) is 9.89. The first-order chi connectivity index (χ1) is 7.75. The van der Waals surface area contributed by atoms with E-state index in [4.69, 9.17) is 0 Å². The van der Waals surface area contributed by atoms with Crippen LogP contribution in [0, 0.1) is 0 Å². The average molecular weight is 225 g/mol. The molecule has 16 heavy (non-hydrogen) atoms. The summed E-state index contributed by atoms with van der Waals surface area (Å²) in [6.45, 7) is 0. The Hall–Kier alpha value is -0.120. The largest absolute Gasteiger partial charge is 0.393 e. The maximum absolute atomic E-state index is 10.1. The molecule has 0 aromatic carbocycles. The van der Waals surface area contributed by atoms with Gasteiger partial charge < -0.3 is 10.2 Å². The Kier molecular flexibility index (Phi) is 2.94.